The first-order valence-corrected chi connectivity index (χ1v) is 9.06. The van der Waals surface area contributed by atoms with Gasteiger partial charge in [0, 0.05) is 43.9 Å². The molecular formula is C19H24N4O4. The van der Waals surface area contributed by atoms with E-state index in [0.717, 1.165) is 37.4 Å². The molecule has 1 aromatic heterocycles. The number of hydrogen-bond acceptors (Lipinski definition) is 8. The van der Waals surface area contributed by atoms with Crippen molar-refractivity contribution >= 4 is 17.5 Å². The van der Waals surface area contributed by atoms with Crippen molar-refractivity contribution in [2.45, 2.75) is 18.6 Å². The van der Waals surface area contributed by atoms with E-state index in [1.165, 1.54) is 0 Å². The Labute approximate surface area is 158 Å². The molecule has 1 aromatic carbocycles. The van der Waals surface area contributed by atoms with Crippen molar-refractivity contribution < 1.29 is 18.9 Å². The number of ether oxygens (including phenoxy) is 4. The van der Waals surface area contributed by atoms with E-state index in [9.17, 15) is 0 Å². The number of methoxy groups -OCH3 is 2. The fourth-order valence-corrected chi connectivity index (χ4v) is 3.49. The van der Waals surface area contributed by atoms with E-state index in [1.807, 2.05) is 24.3 Å². The number of nitrogens with zero attached hydrogens (tertiary/aromatic N) is 3. The molecule has 3 heterocycles. The Morgan fingerprint density at radius 2 is 1.78 bits per heavy atom. The van der Waals surface area contributed by atoms with Crippen LogP contribution in [0.3, 0.4) is 0 Å². The van der Waals surface area contributed by atoms with E-state index in [4.69, 9.17) is 18.9 Å². The first-order chi connectivity index (χ1) is 13.2. The zero-order valence-corrected chi connectivity index (χ0v) is 15.6. The van der Waals surface area contributed by atoms with Crippen LogP contribution in [-0.2, 0) is 9.47 Å². The molecule has 0 amide bonds. The minimum absolute atomic E-state index is 0.385. The molecule has 0 aliphatic carbocycles. The van der Waals surface area contributed by atoms with Crippen molar-refractivity contribution in [2.24, 2.45) is 0 Å². The predicted molar refractivity (Wildman–Crippen MR) is 101 cm³/mol. The van der Waals surface area contributed by atoms with Gasteiger partial charge in [-0.15, -0.1) is 0 Å². The van der Waals surface area contributed by atoms with E-state index in [2.05, 4.69) is 20.2 Å². The third-order valence-electron chi connectivity index (χ3n) is 4.94. The molecule has 8 nitrogen and oxygen atoms in total. The molecule has 1 spiro atoms. The van der Waals surface area contributed by atoms with Crippen LogP contribution in [-0.4, -0.2) is 56.3 Å². The van der Waals surface area contributed by atoms with Crippen LogP contribution in [0.25, 0.3) is 0 Å². The molecule has 4 rings (SSSR count). The van der Waals surface area contributed by atoms with Crippen molar-refractivity contribution in [2.75, 3.05) is 50.7 Å². The summed E-state index contributed by atoms with van der Waals surface area (Å²) in [6.07, 6.45) is 3.45. The summed E-state index contributed by atoms with van der Waals surface area (Å²) in [5.41, 5.74) is 0.829. The molecule has 2 aliphatic heterocycles. The van der Waals surface area contributed by atoms with Crippen LogP contribution in [0, 0.1) is 0 Å². The monoisotopic (exact) mass is 372 g/mol. The molecule has 0 unspecified atom stereocenters. The zero-order chi connectivity index (χ0) is 18.7. The summed E-state index contributed by atoms with van der Waals surface area (Å²) in [6.45, 7) is 3.05. The number of hydrogen-bond donors (Lipinski definition) is 1. The van der Waals surface area contributed by atoms with Gasteiger partial charge in [0.1, 0.15) is 5.82 Å². The lowest BCUT2D eigenvalue weighted by Gasteiger charge is -2.38. The third-order valence-corrected chi connectivity index (χ3v) is 4.94. The molecule has 2 fully saturated rings. The van der Waals surface area contributed by atoms with Crippen LogP contribution in [0.4, 0.5) is 17.5 Å². The molecule has 0 bridgehead atoms. The number of piperidine rings is 1. The standard InChI is InChI=1S/C19H24N4O4/c1-24-15-4-3-14(13-16(15)25-2)21-18-20-8-5-17(22-18)23-9-6-19(7-10-23)26-11-12-27-19/h3-5,8,13H,6-7,9-12H2,1-2H3,(H,20,21,22). The van der Waals surface area contributed by atoms with Crippen LogP contribution in [0.1, 0.15) is 12.8 Å². The second-order valence-electron chi connectivity index (χ2n) is 6.53. The topological polar surface area (TPSA) is 78.0 Å². The highest BCUT2D eigenvalue weighted by atomic mass is 16.7. The Balaban J connectivity index is 1.45. The minimum Gasteiger partial charge on any atom is -0.493 e. The van der Waals surface area contributed by atoms with E-state index >= 15 is 0 Å². The Bertz CT molecular complexity index is 785. The maximum Gasteiger partial charge on any atom is 0.229 e. The molecule has 144 valence electrons. The van der Waals surface area contributed by atoms with Gasteiger partial charge in [0.2, 0.25) is 5.95 Å². The van der Waals surface area contributed by atoms with Crippen molar-refractivity contribution in [1.82, 2.24) is 9.97 Å². The summed E-state index contributed by atoms with van der Waals surface area (Å²) in [7, 11) is 3.22. The lowest BCUT2D eigenvalue weighted by molar-refractivity contribution is -0.169. The summed E-state index contributed by atoms with van der Waals surface area (Å²) in [4.78, 5) is 11.2. The summed E-state index contributed by atoms with van der Waals surface area (Å²) in [5.74, 6) is 2.37. The SMILES string of the molecule is COc1ccc(Nc2nccc(N3CCC4(CC3)OCCO4)n2)cc1OC. The van der Waals surface area contributed by atoms with Crippen molar-refractivity contribution in [3.63, 3.8) is 0 Å². The molecule has 27 heavy (non-hydrogen) atoms. The van der Waals surface area contributed by atoms with Gasteiger partial charge in [0.05, 0.1) is 27.4 Å². The quantitative estimate of drug-likeness (QED) is 0.858. The Morgan fingerprint density at radius 3 is 2.48 bits per heavy atom. The van der Waals surface area contributed by atoms with Crippen LogP contribution in [0.15, 0.2) is 30.5 Å². The van der Waals surface area contributed by atoms with Gasteiger partial charge >= 0.3 is 0 Å². The fraction of sp³-hybridized carbons (Fsp3) is 0.474. The van der Waals surface area contributed by atoms with E-state index < -0.39 is 0 Å². The third kappa shape index (κ3) is 3.77. The average molecular weight is 372 g/mol. The van der Waals surface area contributed by atoms with E-state index in [-0.39, 0.29) is 5.79 Å². The predicted octanol–water partition coefficient (Wildman–Crippen LogP) is 2.58. The van der Waals surface area contributed by atoms with Crippen LogP contribution < -0.4 is 19.7 Å². The number of aromatic nitrogens is 2. The van der Waals surface area contributed by atoms with Gasteiger partial charge in [-0.2, -0.15) is 4.98 Å². The van der Waals surface area contributed by atoms with Crippen LogP contribution in [0.2, 0.25) is 0 Å². The van der Waals surface area contributed by atoms with Gasteiger partial charge in [0.25, 0.3) is 0 Å². The average Bonchev–Trinajstić information content (AvgIpc) is 3.16. The van der Waals surface area contributed by atoms with Crippen molar-refractivity contribution in [1.29, 1.82) is 0 Å². The van der Waals surface area contributed by atoms with Gasteiger partial charge in [0.15, 0.2) is 17.3 Å². The highest BCUT2D eigenvalue weighted by Crippen LogP contribution is 2.33. The van der Waals surface area contributed by atoms with Gasteiger partial charge < -0.3 is 29.2 Å². The lowest BCUT2D eigenvalue weighted by atomic mass is 10.0. The zero-order valence-electron chi connectivity index (χ0n) is 15.6. The molecule has 0 saturated carbocycles. The molecule has 0 radical (unpaired) electrons. The maximum absolute atomic E-state index is 5.79. The van der Waals surface area contributed by atoms with Crippen molar-refractivity contribution in [3.05, 3.63) is 30.5 Å². The Kier molecular flexibility index (Phi) is 5.00. The largest absolute Gasteiger partial charge is 0.493 e. The first kappa shape index (κ1) is 17.8. The minimum atomic E-state index is -0.385. The Hall–Kier alpha value is -2.58. The van der Waals surface area contributed by atoms with E-state index in [0.29, 0.717) is 30.7 Å². The number of benzene rings is 1. The van der Waals surface area contributed by atoms with Crippen LogP contribution >= 0.6 is 0 Å². The maximum atomic E-state index is 5.79. The molecular weight excluding hydrogens is 348 g/mol. The number of nitrogens with one attached hydrogen (secondary N) is 1. The lowest BCUT2D eigenvalue weighted by Crippen LogP contribution is -2.45. The fourth-order valence-electron chi connectivity index (χ4n) is 3.49. The van der Waals surface area contributed by atoms with Crippen LogP contribution in [0.5, 0.6) is 11.5 Å². The van der Waals surface area contributed by atoms with Gasteiger partial charge in [-0.3, -0.25) is 0 Å². The molecule has 2 aromatic rings. The number of rotatable bonds is 5. The molecule has 1 N–H and O–H groups in total. The normalized spacial score (nSPS) is 18.5. The van der Waals surface area contributed by atoms with E-state index in [1.54, 1.807) is 20.4 Å². The highest BCUT2D eigenvalue weighted by Gasteiger charge is 2.40. The number of anilines is 3. The summed E-state index contributed by atoms with van der Waals surface area (Å²) in [5, 5.41) is 3.22. The molecule has 2 saturated heterocycles. The second kappa shape index (κ2) is 7.58. The molecule has 2 aliphatic rings. The second-order valence-corrected chi connectivity index (χ2v) is 6.53. The van der Waals surface area contributed by atoms with Gasteiger partial charge in [-0.05, 0) is 18.2 Å². The van der Waals surface area contributed by atoms with Gasteiger partial charge in [-0.25, -0.2) is 4.98 Å². The first-order valence-electron chi connectivity index (χ1n) is 9.06. The van der Waals surface area contributed by atoms with Crippen molar-refractivity contribution in [3.8, 4) is 11.5 Å². The Morgan fingerprint density at radius 1 is 1.04 bits per heavy atom. The summed E-state index contributed by atoms with van der Waals surface area (Å²) < 4.78 is 22.2. The highest BCUT2D eigenvalue weighted by molar-refractivity contribution is 5.60. The summed E-state index contributed by atoms with van der Waals surface area (Å²) in [6, 6.07) is 7.52. The smallest absolute Gasteiger partial charge is 0.229 e. The summed E-state index contributed by atoms with van der Waals surface area (Å²) >= 11 is 0. The van der Waals surface area contributed by atoms with Gasteiger partial charge in [-0.1, -0.05) is 0 Å². The molecule has 0 atom stereocenters. The molecule has 8 heteroatoms.